The number of pyridine rings is 1. The molecule has 0 aliphatic rings. The van der Waals surface area contributed by atoms with E-state index >= 15 is 0 Å². The number of nitrogens with zero attached hydrogens (tertiary/aromatic N) is 3. The zero-order valence-electron chi connectivity index (χ0n) is 7.44. The molecule has 4 heteroatoms. The van der Waals surface area contributed by atoms with E-state index in [-0.39, 0.29) is 6.61 Å². The number of aliphatic hydroxyl groups excluding tert-OH is 1. The highest BCUT2D eigenvalue weighted by molar-refractivity contribution is 5.71. The van der Waals surface area contributed by atoms with Gasteiger partial charge in [-0.3, -0.25) is 0 Å². The highest BCUT2D eigenvalue weighted by Crippen LogP contribution is 2.13. The summed E-state index contributed by atoms with van der Waals surface area (Å²) < 4.78 is 1.96. The maximum Gasteiger partial charge on any atom is 0.177 e. The molecule has 0 radical (unpaired) electrons. The summed E-state index contributed by atoms with van der Waals surface area (Å²) in [5, 5.41) is 9.04. The number of aliphatic hydroxyl groups is 1. The predicted molar refractivity (Wildman–Crippen MR) is 49.1 cm³/mol. The largest absolute Gasteiger partial charge is 0.388 e. The van der Waals surface area contributed by atoms with Crippen molar-refractivity contribution < 1.29 is 5.11 Å². The quantitative estimate of drug-likeness (QED) is 0.742. The van der Waals surface area contributed by atoms with Gasteiger partial charge in [-0.2, -0.15) is 0 Å². The molecule has 0 aliphatic heterocycles. The molecular weight excluding hydrogens is 166 g/mol. The van der Waals surface area contributed by atoms with Crippen LogP contribution in [0.15, 0.2) is 18.3 Å². The maximum atomic E-state index is 9.04. The summed E-state index contributed by atoms with van der Waals surface area (Å²) >= 11 is 0. The van der Waals surface area contributed by atoms with Crippen LogP contribution >= 0.6 is 0 Å². The van der Waals surface area contributed by atoms with Crippen LogP contribution in [-0.2, 0) is 13.2 Å². The van der Waals surface area contributed by atoms with Crippen molar-refractivity contribution in [3.8, 4) is 0 Å². The molecule has 2 rings (SSSR count). The molecule has 0 fully saturated rings. The lowest BCUT2D eigenvalue weighted by atomic mass is 10.4. The SMILES string of the molecule is CCn1c(CO)nc2ncccc21. The van der Waals surface area contributed by atoms with E-state index in [0.29, 0.717) is 11.5 Å². The lowest BCUT2D eigenvalue weighted by molar-refractivity contribution is 0.266. The topological polar surface area (TPSA) is 50.9 Å². The third kappa shape index (κ3) is 1.19. The normalized spacial score (nSPS) is 10.9. The fourth-order valence-corrected chi connectivity index (χ4v) is 1.48. The van der Waals surface area contributed by atoms with Crippen molar-refractivity contribution in [1.29, 1.82) is 0 Å². The Balaban J connectivity index is 2.73. The summed E-state index contributed by atoms with van der Waals surface area (Å²) in [5.41, 5.74) is 1.68. The summed E-state index contributed by atoms with van der Waals surface area (Å²) in [6, 6.07) is 3.83. The van der Waals surface area contributed by atoms with Crippen molar-refractivity contribution >= 4 is 11.2 Å². The highest BCUT2D eigenvalue weighted by Gasteiger charge is 2.07. The van der Waals surface area contributed by atoms with Crippen LogP contribution in [0.2, 0.25) is 0 Å². The zero-order chi connectivity index (χ0) is 9.26. The minimum absolute atomic E-state index is 0.0375. The molecule has 68 valence electrons. The Kier molecular flexibility index (Phi) is 1.98. The smallest absolute Gasteiger partial charge is 0.177 e. The Morgan fingerprint density at radius 1 is 1.54 bits per heavy atom. The first-order valence-electron chi connectivity index (χ1n) is 4.27. The van der Waals surface area contributed by atoms with Crippen molar-refractivity contribution in [2.24, 2.45) is 0 Å². The van der Waals surface area contributed by atoms with Gasteiger partial charge < -0.3 is 9.67 Å². The van der Waals surface area contributed by atoms with Gasteiger partial charge in [-0.05, 0) is 19.1 Å². The minimum atomic E-state index is -0.0375. The summed E-state index contributed by atoms with van der Waals surface area (Å²) in [7, 11) is 0. The first-order chi connectivity index (χ1) is 6.36. The fraction of sp³-hybridized carbons (Fsp3) is 0.333. The molecule has 2 aromatic rings. The summed E-state index contributed by atoms with van der Waals surface area (Å²) in [6.07, 6.45) is 1.70. The summed E-state index contributed by atoms with van der Waals surface area (Å²) in [4.78, 5) is 8.32. The second kappa shape index (κ2) is 3.14. The molecule has 2 aromatic heterocycles. The third-order valence-corrected chi connectivity index (χ3v) is 2.06. The Morgan fingerprint density at radius 2 is 2.38 bits per heavy atom. The maximum absolute atomic E-state index is 9.04. The van der Waals surface area contributed by atoms with Crippen molar-refractivity contribution in [3.05, 3.63) is 24.2 Å². The number of fused-ring (bicyclic) bond motifs is 1. The number of hydrogen-bond acceptors (Lipinski definition) is 3. The number of hydrogen-bond donors (Lipinski definition) is 1. The van der Waals surface area contributed by atoms with Gasteiger partial charge in [-0.15, -0.1) is 0 Å². The Labute approximate surface area is 75.9 Å². The van der Waals surface area contributed by atoms with E-state index in [1.807, 2.05) is 23.6 Å². The van der Waals surface area contributed by atoms with E-state index in [9.17, 15) is 0 Å². The van der Waals surface area contributed by atoms with Crippen LogP contribution in [0.4, 0.5) is 0 Å². The molecule has 0 bridgehead atoms. The first-order valence-corrected chi connectivity index (χ1v) is 4.27. The minimum Gasteiger partial charge on any atom is -0.388 e. The fourth-order valence-electron chi connectivity index (χ4n) is 1.48. The third-order valence-electron chi connectivity index (χ3n) is 2.06. The summed E-state index contributed by atoms with van der Waals surface area (Å²) in [5.74, 6) is 0.677. The predicted octanol–water partition coefficient (Wildman–Crippen LogP) is 0.944. The number of aryl methyl sites for hydroxylation is 1. The molecule has 2 heterocycles. The zero-order valence-corrected chi connectivity index (χ0v) is 7.44. The van der Waals surface area contributed by atoms with Crippen molar-refractivity contribution in [2.45, 2.75) is 20.1 Å². The summed E-state index contributed by atoms with van der Waals surface area (Å²) in [6.45, 7) is 2.79. The van der Waals surface area contributed by atoms with Gasteiger partial charge in [-0.1, -0.05) is 0 Å². The van der Waals surface area contributed by atoms with Crippen LogP contribution in [0.5, 0.6) is 0 Å². The highest BCUT2D eigenvalue weighted by atomic mass is 16.3. The van der Waals surface area contributed by atoms with E-state index in [1.165, 1.54) is 0 Å². The molecule has 4 nitrogen and oxygen atoms in total. The Bertz CT molecular complexity index is 422. The van der Waals surface area contributed by atoms with Crippen LogP contribution < -0.4 is 0 Å². The molecule has 1 N–H and O–H groups in total. The van der Waals surface area contributed by atoms with E-state index in [1.54, 1.807) is 6.20 Å². The molecule has 0 amide bonds. The number of rotatable bonds is 2. The molecule has 0 spiro atoms. The molecule has 0 saturated heterocycles. The first kappa shape index (κ1) is 8.19. The molecule has 0 unspecified atom stereocenters. The van der Waals surface area contributed by atoms with Crippen molar-refractivity contribution in [2.75, 3.05) is 0 Å². The van der Waals surface area contributed by atoms with Crippen LogP contribution in [0.1, 0.15) is 12.7 Å². The monoisotopic (exact) mass is 177 g/mol. The average molecular weight is 177 g/mol. The molecule has 0 aliphatic carbocycles. The second-order valence-corrected chi connectivity index (χ2v) is 2.78. The molecule has 0 saturated carbocycles. The molecule has 13 heavy (non-hydrogen) atoms. The van der Waals surface area contributed by atoms with E-state index in [2.05, 4.69) is 9.97 Å². The van der Waals surface area contributed by atoms with Crippen LogP contribution in [0.25, 0.3) is 11.2 Å². The van der Waals surface area contributed by atoms with Gasteiger partial charge in [0.2, 0.25) is 0 Å². The van der Waals surface area contributed by atoms with Gasteiger partial charge >= 0.3 is 0 Å². The lowest BCUT2D eigenvalue weighted by Crippen LogP contribution is -2.00. The van der Waals surface area contributed by atoms with E-state index in [4.69, 9.17) is 5.11 Å². The molecule has 0 atom stereocenters. The van der Waals surface area contributed by atoms with Crippen molar-refractivity contribution in [3.63, 3.8) is 0 Å². The molecular formula is C9H11N3O. The Morgan fingerprint density at radius 3 is 3.08 bits per heavy atom. The van der Waals surface area contributed by atoms with Crippen LogP contribution in [0, 0.1) is 0 Å². The number of imidazole rings is 1. The van der Waals surface area contributed by atoms with Gasteiger partial charge in [0, 0.05) is 12.7 Å². The number of aromatic nitrogens is 3. The van der Waals surface area contributed by atoms with Crippen LogP contribution in [-0.4, -0.2) is 19.6 Å². The second-order valence-electron chi connectivity index (χ2n) is 2.78. The van der Waals surface area contributed by atoms with Crippen LogP contribution in [0.3, 0.4) is 0 Å². The van der Waals surface area contributed by atoms with Gasteiger partial charge in [0.15, 0.2) is 5.65 Å². The van der Waals surface area contributed by atoms with E-state index < -0.39 is 0 Å². The van der Waals surface area contributed by atoms with Gasteiger partial charge in [0.1, 0.15) is 12.4 Å². The van der Waals surface area contributed by atoms with E-state index in [0.717, 1.165) is 12.1 Å². The Hall–Kier alpha value is -1.42. The van der Waals surface area contributed by atoms with Gasteiger partial charge in [-0.25, -0.2) is 9.97 Å². The van der Waals surface area contributed by atoms with Gasteiger partial charge in [0.25, 0.3) is 0 Å². The molecule has 0 aromatic carbocycles. The van der Waals surface area contributed by atoms with Gasteiger partial charge in [0.05, 0.1) is 5.52 Å². The van der Waals surface area contributed by atoms with Crippen molar-refractivity contribution in [1.82, 2.24) is 14.5 Å². The lowest BCUT2D eigenvalue weighted by Gasteiger charge is -2.01. The average Bonchev–Trinajstić information content (AvgIpc) is 2.55. The standard InChI is InChI=1S/C9H11N3O/c1-2-12-7-4-3-5-10-9(7)11-8(12)6-13/h3-5,13H,2,6H2,1H3.